The van der Waals surface area contributed by atoms with Crippen LogP contribution in [0.2, 0.25) is 5.02 Å². The van der Waals surface area contributed by atoms with Gasteiger partial charge in [0.25, 0.3) is 0 Å². The maximum atomic E-state index is 6.61. The molecular weight excluding hydrogens is 400 g/mol. The third-order valence-electron chi connectivity index (χ3n) is 6.92. The molecule has 1 spiro atoms. The van der Waals surface area contributed by atoms with Crippen molar-refractivity contribution in [3.63, 3.8) is 0 Å². The van der Waals surface area contributed by atoms with Crippen LogP contribution >= 0.6 is 11.6 Å². The fraction of sp³-hybridized carbons (Fsp3) is 0. The second-order valence-corrected chi connectivity index (χ2v) is 12.4. The zero-order valence-corrected chi connectivity index (χ0v) is 17.9. The second-order valence-electron chi connectivity index (χ2n) is 8.28. The molecule has 2 aliphatic heterocycles. The lowest BCUT2D eigenvalue weighted by Gasteiger charge is -2.28. The lowest BCUT2D eigenvalue weighted by Crippen LogP contribution is -2.70. The van der Waals surface area contributed by atoms with E-state index in [0.29, 0.717) is 0 Å². The zero-order valence-electron chi connectivity index (χ0n) is 16.2. The van der Waals surface area contributed by atoms with Crippen LogP contribution in [-0.4, -0.2) is 8.07 Å². The topological polar surface area (TPSA) is 0 Å². The summed E-state index contributed by atoms with van der Waals surface area (Å²) in [5, 5.41) is 9.33. The van der Waals surface area contributed by atoms with E-state index in [2.05, 4.69) is 97.1 Å². The molecule has 5 aromatic rings. The van der Waals surface area contributed by atoms with Gasteiger partial charge in [-0.05, 0) is 72.0 Å². The fourth-order valence-electron chi connectivity index (χ4n) is 5.80. The first-order valence-electron chi connectivity index (χ1n) is 10.3. The molecule has 7 rings (SSSR count). The number of rotatable bonds is 0. The first kappa shape index (κ1) is 16.6. The first-order valence-corrected chi connectivity index (χ1v) is 12.7. The van der Waals surface area contributed by atoms with E-state index in [1.54, 1.807) is 0 Å². The van der Waals surface area contributed by atoms with Gasteiger partial charge in [0, 0.05) is 5.02 Å². The van der Waals surface area contributed by atoms with Crippen LogP contribution in [0.4, 0.5) is 0 Å². The summed E-state index contributed by atoms with van der Waals surface area (Å²) in [6.07, 6.45) is 0. The van der Waals surface area contributed by atoms with Crippen LogP contribution in [-0.2, 0) is 0 Å². The van der Waals surface area contributed by atoms with Gasteiger partial charge in [0.15, 0.2) is 8.07 Å². The van der Waals surface area contributed by atoms with E-state index in [1.807, 2.05) is 6.07 Å². The second kappa shape index (κ2) is 5.72. The minimum absolute atomic E-state index is 0.819. The van der Waals surface area contributed by atoms with Gasteiger partial charge < -0.3 is 0 Å². The first-order chi connectivity index (χ1) is 14.8. The molecule has 0 atom stereocenters. The van der Waals surface area contributed by atoms with Gasteiger partial charge in [-0.2, -0.15) is 0 Å². The normalized spacial score (nSPS) is 14.4. The Kier molecular flexibility index (Phi) is 3.17. The maximum Gasteiger partial charge on any atom is 0.182 e. The van der Waals surface area contributed by atoms with E-state index in [1.165, 1.54) is 53.8 Å². The summed E-state index contributed by atoms with van der Waals surface area (Å²) in [5.41, 5.74) is 5.48. The average molecular weight is 417 g/mol. The monoisotopic (exact) mass is 416 g/mol. The Morgan fingerprint density at radius 3 is 1.67 bits per heavy atom. The van der Waals surface area contributed by atoms with E-state index >= 15 is 0 Å². The van der Waals surface area contributed by atoms with Crippen molar-refractivity contribution in [3.8, 4) is 22.3 Å². The molecule has 0 aromatic heterocycles. The molecule has 0 unspecified atom stereocenters. The van der Waals surface area contributed by atoms with Crippen LogP contribution in [0.5, 0.6) is 0 Å². The molecule has 140 valence electrons. The third kappa shape index (κ3) is 1.88. The largest absolute Gasteiger partial charge is 0.182 e. The summed E-state index contributed by atoms with van der Waals surface area (Å²) in [7, 11) is -2.38. The molecule has 0 saturated carbocycles. The van der Waals surface area contributed by atoms with Crippen molar-refractivity contribution in [1.29, 1.82) is 0 Å². The third-order valence-corrected chi connectivity index (χ3v) is 12.1. The van der Waals surface area contributed by atoms with Gasteiger partial charge in [-0.15, -0.1) is 0 Å². The summed E-state index contributed by atoms with van der Waals surface area (Å²) in [4.78, 5) is 0. The number of hydrogen-bond acceptors (Lipinski definition) is 0. The minimum Gasteiger partial charge on any atom is -0.0843 e. The summed E-state index contributed by atoms with van der Waals surface area (Å²) >= 11 is 6.61. The standard InChI is InChI=1S/C28H17ClSi/c29-20-13-14-23-24-15-18-7-1-2-8-19(18)16-27(24)30(28(23)17-20)25-11-5-3-9-21(25)22-10-4-6-12-26(22)30/h1-17H. The molecule has 0 aliphatic carbocycles. The predicted molar refractivity (Wildman–Crippen MR) is 131 cm³/mol. The molecule has 30 heavy (non-hydrogen) atoms. The number of benzene rings is 5. The molecule has 5 aromatic carbocycles. The van der Waals surface area contributed by atoms with Gasteiger partial charge in [0.05, 0.1) is 0 Å². The van der Waals surface area contributed by atoms with Crippen LogP contribution in [0.3, 0.4) is 0 Å². The maximum absolute atomic E-state index is 6.61. The molecule has 0 radical (unpaired) electrons. The van der Waals surface area contributed by atoms with Crippen molar-refractivity contribution in [2.75, 3.05) is 0 Å². The van der Waals surface area contributed by atoms with E-state index in [4.69, 9.17) is 11.6 Å². The number of fused-ring (bicyclic) bond motifs is 11. The van der Waals surface area contributed by atoms with Gasteiger partial charge in [0.1, 0.15) is 0 Å². The highest BCUT2D eigenvalue weighted by atomic mass is 35.5. The van der Waals surface area contributed by atoms with Crippen LogP contribution < -0.4 is 20.7 Å². The van der Waals surface area contributed by atoms with Gasteiger partial charge in [-0.1, -0.05) is 96.5 Å². The van der Waals surface area contributed by atoms with Crippen molar-refractivity contribution < 1.29 is 0 Å². The van der Waals surface area contributed by atoms with E-state index in [0.717, 1.165) is 5.02 Å². The minimum atomic E-state index is -2.38. The zero-order chi connectivity index (χ0) is 19.9. The molecule has 0 amide bonds. The molecular formula is C28H17ClSi. The van der Waals surface area contributed by atoms with Crippen molar-refractivity contribution in [1.82, 2.24) is 0 Å². The lowest BCUT2D eigenvalue weighted by molar-refractivity contribution is 1.71. The molecule has 0 nitrogen and oxygen atoms in total. The molecule has 2 heterocycles. The quantitative estimate of drug-likeness (QED) is 0.310. The highest BCUT2D eigenvalue weighted by molar-refractivity contribution is 7.24. The Morgan fingerprint density at radius 1 is 0.433 bits per heavy atom. The average Bonchev–Trinajstić information content (AvgIpc) is 3.24. The molecule has 0 saturated heterocycles. The summed E-state index contributed by atoms with van der Waals surface area (Å²) in [5.74, 6) is 0. The molecule has 2 aliphatic rings. The fourth-order valence-corrected chi connectivity index (χ4v) is 11.7. The number of halogens is 1. The lowest BCUT2D eigenvalue weighted by atomic mass is 10.0. The van der Waals surface area contributed by atoms with Crippen molar-refractivity contribution in [2.24, 2.45) is 0 Å². The number of hydrogen-bond donors (Lipinski definition) is 0. The molecule has 0 bridgehead atoms. The van der Waals surface area contributed by atoms with Gasteiger partial charge in [-0.25, -0.2) is 0 Å². The Hall–Kier alpha value is -3.13. The summed E-state index contributed by atoms with van der Waals surface area (Å²) < 4.78 is 0. The molecule has 2 heteroatoms. The van der Waals surface area contributed by atoms with Gasteiger partial charge in [-0.3, -0.25) is 0 Å². The van der Waals surface area contributed by atoms with E-state index in [-0.39, 0.29) is 0 Å². The van der Waals surface area contributed by atoms with Crippen molar-refractivity contribution in [2.45, 2.75) is 0 Å². The Labute approximate surface area is 181 Å². The Bertz CT molecular complexity index is 1470. The van der Waals surface area contributed by atoms with Crippen LogP contribution in [0.15, 0.2) is 103 Å². The highest BCUT2D eigenvalue weighted by Gasteiger charge is 2.53. The van der Waals surface area contributed by atoms with E-state index < -0.39 is 8.07 Å². The smallest absolute Gasteiger partial charge is 0.0843 e. The summed E-state index contributed by atoms with van der Waals surface area (Å²) in [6, 6.07) is 38.1. The SMILES string of the molecule is Clc1ccc2c(c1)[Si]1(c3ccccc3-c3ccccc31)c1cc3ccccc3cc1-2. The van der Waals surface area contributed by atoms with E-state index in [9.17, 15) is 0 Å². The molecule has 0 N–H and O–H groups in total. The molecule has 0 fully saturated rings. The van der Waals surface area contributed by atoms with Crippen LogP contribution in [0.25, 0.3) is 33.0 Å². The summed E-state index contributed by atoms with van der Waals surface area (Å²) in [6.45, 7) is 0. The van der Waals surface area contributed by atoms with Crippen LogP contribution in [0, 0.1) is 0 Å². The Morgan fingerprint density at radius 2 is 0.967 bits per heavy atom. The van der Waals surface area contributed by atoms with Crippen molar-refractivity contribution >= 4 is 51.2 Å². The highest BCUT2D eigenvalue weighted by Crippen LogP contribution is 2.37. The van der Waals surface area contributed by atoms with Crippen molar-refractivity contribution in [3.05, 3.63) is 108 Å². The predicted octanol–water partition coefficient (Wildman–Crippen LogP) is 4.83. The van der Waals surface area contributed by atoms with Gasteiger partial charge >= 0.3 is 0 Å². The van der Waals surface area contributed by atoms with Crippen LogP contribution in [0.1, 0.15) is 0 Å². The Balaban J connectivity index is 1.74. The van der Waals surface area contributed by atoms with Gasteiger partial charge in [0.2, 0.25) is 0 Å².